The summed E-state index contributed by atoms with van der Waals surface area (Å²) >= 11 is 12.6. The van der Waals surface area contributed by atoms with Gasteiger partial charge >= 0.3 is 18.1 Å². The van der Waals surface area contributed by atoms with Crippen LogP contribution in [0.5, 0.6) is 0 Å². The van der Waals surface area contributed by atoms with Crippen molar-refractivity contribution in [1.29, 1.82) is 0 Å². The summed E-state index contributed by atoms with van der Waals surface area (Å²) in [5.41, 5.74) is 1.64. The van der Waals surface area contributed by atoms with Gasteiger partial charge in [0.25, 0.3) is 0 Å². The molecule has 1 aliphatic rings. The van der Waals surface area contributed by atoms with Gasteiger partial charge in [-0.05, 0) is 38.1 Å². The van der Waals surface area contributed by atoms with Crippen molar-refractivity contribution in [3.05, 3.63) is 69.7 Å². The number of amides is 3. The third-order valence-corrected chi connectivity index (χ3v) is 6.39. The Morgan fingerprint density at radius 2 is 1.80 bits per heavy atom. The van der Waals surface area contributed by atoms with E-state index in [-0.39, 0.29) is 29.0 Å². The van der Waals surface area contributed by atoms with Gasteiger partial charge in [-0.3, -0.25) is 9.69 Å². The molecule has 1 aliphatic heterocycles. The van der Waals surface area contributed by atoms with Gasteiger partial charge in [-0.15, -0.1) is 0 Å². The number of ether oxygens (including phenoxy) is 2. The number of aliphatic imine (C=N–C) groups is 1. The van der Waals surface area contributed by atoms with Gasteiger partial charge in [0.2, 0.25) is 0 Å². The van der Waals surface area contributed by atoms with Crippen molar-refractivity contribution in [3.8, 4) is 0 Å². The number of imide groups is 1. The highest BCUT2D eigenvalue weighted by Crippen LogP contribution is 2.40. The number of carbonyl (C=O) groups excluding carboxylic acids is 3. The summed E-state index contributed by atoms with van der Waals surface area (Å²) in [5.74, 6) is -1.69. The molecule has 186 valence electrons. The van der Waals surface area contributed by atoms with E-state index in [9.17, 15) is 14.4 Å². The lowest BCUT2D eigenvalue weighted by Crippen LogP contribution is -2.50. The van der Waals surface area contributed by atoms with Crippen LogP contribution in [0.4, 0.5) is 9.59 Å². The number of urea groups is 1. The first kappa shape index (κ1) is 26.7. The van der Waals surface area contributed by atoms with Gasteiger partial charge in [-0.1, -0.05) is 65.7 Å². The van der Waals surface area contributed by atoms with Crippen LogP contribution >= 0.6 is 23.2 Å². The van der Waals surface area contributed by atoms with Crippen LogP contribution < -0.4 is 0 Å². The number of hydrogen-bond donors (Lipinski definition) is 0. The third kappa shape index (κ3) is 6.39. The number of hydrogen-bond acceptors (Lipinski definition) is 6. The highest BCUT2D eigenvalue weighted by Gasteiger charge is 2.47. The highest BCUT2D eigenvalue weighted by atomic mass is 35.5. The molecule has 2 aromatic rings. The van der Waals surface area contributed by atoms with Gasteiger partial charge in [0.05, 0.1) is 22.7 Å². The maximum absolute atomic E-state index is 13.1. The lowest BCUT2D eigenvalue weighted by atomic mass is 9.87. The smallest absolute Gasteiger partial charge is 0.418 e. The Kier molecular flexibility index (Phi) is 9.26. The van der Waals surface area contributed by atoms with Crippen LogP contribution in [-0.4, -0.2) is 60.4 Å². The molecule has 0 bridgehead atoms. The van der Waals surface area contributed by atoms with E-state index in [0.29, 0.717) is 18.7 Å². The van der Waals surface area contributed by atoms with Crippen molar-refractivity contribution in [3.63, 3.8) is 0 Å². The van der Waals surface area contributed by atoms with Gasteiger partial charge in [-0.2, -0.15) is 0 Å². The van der Waals surface area contributed by atoms with Crippen molar-refractivity contribution >= 4 is 47.0 Å². The number of carbonyl (C=O) groups is 3. The van der Waals surface area contributed by atoms with Gasteiger partial charge in [0.1, 0.15) is 12.5 Å². The molecule has 0 radical (unpaired) electrons. The highest BCUT2D eigenvalue weighted by molar-refractivity contribution is 6.42. The molecule has 3 rings (SSSR count). The number of likely N-dealkylation sites (N-methyl/N-ethyl adjacent to an activating group) is 1. The van der Waals surface area contributed by atoms with Crippen molar-refractivity contribution in [2.45, 2.75) is 26.4 Å². The van der Waals surface area contributed by atoms with E-state index in [1.807, 2.05) is 42.3 Å². The molecule has 2 aromatic carbocycles. The fourth-order valence-corrected chi connectivity index (χ4v) is 4.31. The first-order valence-electron chi connectivity index (χ1n) is 11.1. The van der Waals surface area contributed by atoms with Crippen LogP contribution in [0.25, 0.3) is 0 Å². The topological polar surface area (TPSA) is 88.5 Å². The molecule has 35 heavy (non-hydrogen) atoms. The van der Waals surface area contributed by atoms with Crippen LogP contribution in [0.3, 0.4) is 0 Å². The first-order valence-corrected chi connectivity index (χ1v) is 11.9. The van der Waals surface area contributed by atoms with E-state index < -0.39 is 30.1 Å². The van der Waals surface area contributed by atoms with Crippen molar-refractivity contribution in [1.82, 2.24) is 9.80 Å². The molecule has 0 fully saturated rings. The van der Waals surface area contributed by atoms with E-state index in [2.05, 4.69) is 4.99 Å². The van der Waals surface area contributed by atoms with Gasteiger partial charge < -0.3 is 9.47 Å². The van der Waals surface area contributed by atoms with Crippen LogP contribution in [0.2, 0.25) is 10.0 Å². The summed E-state index contributed by atoms with van der Waals surface area (Å²) < 4.78 is 10.6. The fraction of sp³-hybridized carbons (Fsp3) is 0.360. The van der Waals surface area contributed by atoms with Crippen molar-refractivity contribution < 1.29 is 23.9 Å². The van der Waals surface area contributed by atoms with E-state index in [0.717, 1.165) is 10.5 Å². The zero-order chi connectivity index (χ0) is 25.5. The molecule has 0 saturated carbocycles. The number of halogens is 2. The molecule has 0 saturated heterocycles. The van der Waals surface area contributed by atoms with E-state index in [1.165, 1.54) is 6.92 Å². The Labute approximate surface area is 214 Å². The molecule has 0 N–H and O–H groups in total. The molecule has 0 aliphatic carbocycles. The zero-order valence-electron chi connectivity index (χ0n) is 19.7. The third-order valence-electron chi connectivity index (χ3n) is 5.55. The molecule has 10 heteroatoms. The normalized spacial score (nSPS) is 17.8. The van der Waals surface area contributed by atoms with Crippen LogP contribution in [0.1, 0.15) is 31.0 Å². The quantitative estimate of drug-likeness (QED) is 0.435. The van der Waals surface area contributed by atoms with Crippen molar-refractivity contribution in [2.75, 3.05) is 26.8 Å². The van der Waals surface area contributed by atoms with Crippen molar-refractivity contribution in [2.24, 2.45) is 10.9 Å². The number of benzene rings is 2. The van der Waals surface area contributed by atoms with Crippen LogP contribution in [0.15, 0.2) is 53.5 Å². The standard InChI is InChI=1S/C25H27Cl2N3O5/c1-4-34-23(31)20-16(2)28-24(32)30(22(20)18-11-8-12-19(26)21(18)27)25(33)35-14-13-29(3)15-17-9-6-5-7-10-17/h5-12,20,22H,4,13-15H2,1-3H3. The maximum atomic E-state index is 13.1. The van der Waals surface area contributed by atoms with Gasteiger partial charge in [0.15, 0.2) is 0 Å². The van der Waals surface area contributed by atoms with Gasteiger partial charge in [0, 0.05) is 18.8 Å². The van der Waals surface area contributed by atoms with E-state index in [4.69, 9.17) is 32.7 Å². The average Bonchev–Trinajstić information content (AvgIpc) is 2.81. The zero-order valence-corrected chi connectivity index (χ0v) is 21.3. The Hall–Kier alpha value is -2.94. The predicted octanol–water partition coefficient (Wildman–Crippen LogP) is 5.38. The number of nitrogens with zero attached hydrogens (tertiary/aromatic N) is 3. The second-order valence-corrected chi connectivity index (χ2v) is 8.85. The minimum absolute atomic E-state index is 0.0225. The Bertz CT molecular complexity index is 1110. The summed E-state index contributed by atoms with van der Waals surface area (Å²) in [6, 6.07) is 12.7. The summed E-state index contributed by atoms with van der Waals surface area (Å²) in [7, 11) is 1.89. The Morgan fingerprint density at radius 3 is 2.49 bits per heavy atom. The molecule has 1 heterocycles. The minimum atomic E-state index is -1.13. The largest absolute Gasteiger partial charge is 0.465 e. The second kappa shape index (κ2) is 12.2. The van der Waals surface area contributed by atoms with Crippen LogP contribution in [0, 0.1) is 5.92 Å². The molecule has 0 aromatic heterocycles. The average molecular weight is 520 g/mol. The molecule has 8 nitrogen and oxygen atoms in total. The number of rotatable bonds is 8. The molecular formula is C25H27Cl2N3O5. The SMILES string of the molecule is CCOC(=O)C1C(C)=NC(=O)N(C(=O)OCCN(C)Cc2ccccc2)C1c1cccc(Cl)c1Cl. The molecule has 2 unspecified atom stereocenters. The van der Waals surface area contributed by atoms with Gasteiger partial charge in [-0.25, -0.2) is 19.5 Å². The fourth-order valence-electron chi connectivity index (χ4n) is 3.89. The minimum Gasteiger partial charge on any atom is -0.465 e. The van der Waals surface area contributed by atoms with E-state index >= 15 is 0 Å². The monoisotopic (exact) mass is 519 g/mol. The summed E-state index contributed by atoms with van der Waals surface area (Å²) in [6.45, 7) is 4.42. The second-order valence-electron chi connectivity index (χ2n) is 8.06. The molecule has 3 amide bonds. The molecule has 0 spiro atoms. The lowest BCUT2D eigenvalue weighted by molar-refractivity contribution is -0.147. The summed E-state index contributed by atoms with van der Waals surface area (Å²) in [5, 5.41) is 0.339. The summed E-state index contributed by atoms with van der Waals surface area (Å²) in [6.07, 6.45) is -0.935. The van der Waals surface area contributed by atoms with E-state index in [1.54, 1.807) is 25.1 Å². The summed E-state index contributed by atoms with van der Waals surface area (Å²) in [4.78, 5) is 45.6. The Morgan fingerprint density at radius 1 is 1.09 bits per heavy atom. The lowest BCUT2D eigenvalue weighted by Gasteiger charge is -2.36. The molecular weight excluding hydrogens is 493 g/mol. The predicted molar refractivity (Wildman–Crippen MR) is 134 cm³/mol. The molecule has 2 atom stereocenters. The maximum Gasteiger partial charge on any atom is 0.418 e. The Balaban J connectivity index is 1.83. The number of esters is 1. The first-order chi connectivity index (χ1) is 16.7. The van der Waals surface area contributed by atoms with Crippen LogP contribution in [-0.2, 0) is 20.8 Å².